The molecule has 0 aliphatic carbocycles. The van der Waals surface area contributed by atoms with Crippen molar-refractivity contribution in [2.45, 2.75) is 30.1 Å². The second-order valence-electron chi connectivity index (χ2n) is 3.67. The highest BCUT2D eigenvalue weighted by Crippen LogP contribution is 2.23. The van der Waals surface area contributed by atoms with E-state index in [0.717, 1.165) is 22.3 Å². The van der Waals surface area contributed by atoms with Crippen LogP contribution in [0, 0.1) is 6.92 Å². The highest BCUT2D eigenvalue weighted by atomic mass is 32.2. The summed E-state index contributed by atoms with van der Waals surface area (Å²) in [5.41, 5.74) is -0.188. The highest BCUT2D eigenvalue weighted by molar-refractivity contribution is 8.00. The van der Waals surface area contributed by atoms with Gasteiger partial charge in [-0.3, -0.25) is 0 Å². The first-order valence-corrected chi connectivity index (χ1v) is 6.58. The lowest BCUT2D eigenvalue weighted by Crippen LogP contribution is -2.43. The minimum Gasteiger partial charge on any atom is -0.394 e. The normalized spacial score (nSPS) is 15.2. The molecule has 1 atom stereocenters. The molecular formula is C9H17N3OS2. The van der Waals surface area contributed by atoms with Crippen LogP contribution >= 0.6 is 23.3 Å². The maximum atomic E-state index is 9.19. The van der Waals surface area contributed by atoms with Gasteiger partial charge >= 0.3 is 0 Å². The molecule has 0 saturated carbocycles. The summed E-state index contributed by atoms with van der Waals surface area (Å²) < 4.78 is 5.12. The summed E-state index contributed by atoms with van der Waals surface area (Å²) in [5.74, 6) is 1.77. The molecule has 0 bridgehead atoms. The average Bonchev–Trinajstić information content (AvgIpc) is 2.64. The highest BCUT2D eigenvalue weighted by Gasteiger charge is 2.20. The first-order chi connectivity index (χ1) is 7.09. The predicted octanol–water partition coefficient (Wildman–Crippen LogP) is 1.30. The van der Waals surface area contributed by atoms with Gasteiger partial charge in [0.15, 0.2) is 4.34 Å². The molecule has 6 heteroatoms. The third-order valence-corrected chi connectivity index (χ3v) is 4.27. The van der Waals surface area contributed by atoms with Gasteiger partial charge in [-0.1, -0.05) is 11.8 Å². The number of aryl methyl sites for hydroxylation is 1. The molecule has 0 aliphatic rings. The molecule has 1 aromatic heterocycles. The van der Waals surface area contributed by atoms with E-state index in [9.17, 15) is 5.11 Å². The fourth-order valence-electron chi connectivity index (χ4n) is 0.983. The minimum atomic E-state index is -0.188. The standard InChI is InChI=1S/C9H17N3OS2/c1-7-11-8(15-12-7)14-5-4-9(2,6-13)10-3/h10,13H,4-6H2,1-3H3. The average molecular weight is 247 g/mol. The summed E-state index contributed by atoms with van der Waals surface area (Å²) >= 11 is 3.13. The number of aliphatic hydroxyl groups is 1. The Kier molecular flexibility index (Phi) is 4.98. The Morgan fingerprint density at radius 1 is 1.60 bits per heavy atom. The van der Waals surface area contributed by atoms with Gasteiger partial charge < -0.3 is 10.4 Å². The Bertz CT molecular complexity index is 299. The van der Waals surface area contributed by atoms with Crippen LogP contribution in [0.4, 0.5) is 0 Å². The van der Waals surface area contributed by atoms with Crippen molar-refractivity contribution in [1.29, 1.82) is 0 Å². The van der Waals surface area contributed by atoms with Crippen LogP contribution < -0.4 is 5.32 Å². The Hall–Kier alpha value is -0.170. The number of likely N-dealkylation sites (N-methyl/N-ethyl adjacent to an activating group) is 1. The smallest absolute Gasteiger partial charge is 0.170 e. The fraction of sp³-hybridized carbons (Fsp3) is 0.778. The number of hydrogen-bond acceptors (Lipinski definition) is 6. The Balaban J connectivity index is 2.32. The lowest BCUT2D eigenvalue weighted by atomic mass is 10.0. The van der Waals surface area contributed by atoms with Gasteiger partial charge in [0.25, 0.3) is 0 Å². The molecule has 0 saturated heterocycles. The molecule has 1 heterocycles. The summed E-state index contributed by atoms with van der Waals surface area (Å²) in [4.78, 5) is 4.27. The van der Waals surface area contributed by atoms with Crippen molar-refractivity contribution >= 4 is 23.3 Å². The van der Waals surface area contributed by atoms with Crippen LogP contribution in [0.3, 0.4) is 0 Å². The number of hydrogen-bond donors (Lipinski definition) is 2. The fourth-order valence-corrected chi connectivity index (χ4v) is 2.90. The Morgan fingerprint density at radius 2 is 2.33 bits per heavy atom. The summed E-state index contributed by atoms with van der Waals surface area (Å²) in [6.45, 7) is 4.06. The molecule has 1 unspecified atom stereocenters. The first kappa shape index (κ1) is 12.9. The summed E-state index contributed by atoms with van der Waals surface area (Å²) in [6, 6.07) is 0. The van der Waals surface area contributed by atoms with Gasteiger partial charge in [-0.25, -0.2) is 4.98 Å². The van der Waals surface area contributed by atoms with Crippen LogP contribution in [0.25, 0.3) is 0 Å². The summed E-state index contributed by atoms with van der Waals surface area (Å²) in [7, 11) is 1.87. The second-order valence-corrected chi connectivity index (χ2v) is 5.77. The van der Waals surface area contributed by atoms with E-state index in [1.165, 1.54) is 11.5 Å². The SMILES string of the molecule is CNC(C)(CO)CCSc1nc(C)ns1. The Morgan fingerprint density at radius 3 is 2.80 bits per heavy atom. The Labute approximate surface area is 98.7 Å². The third-order valence-electron chi connectivity index (χ3n) is 2.34. The third kappa shape index (κ3) is 4.06. The molecule has 0 aliphatic heterocycles. The van der Waals surface area contributed by atoms with Crippen molar-refractivity contribution in [2.75, 3.05) is 19.4 Å². The molecule has 15 heavy (non-hydrogen) atoms. The van der Waals surface area contributed by atoms with Gasteiger partial charge in [-0.05, 0) is 38.8 Å². The van der Waals surface area contributed by atoms with Gasteiger partial charge in [0.2, 0.25) is 0 Å². The van der Waals surface area contributed by atoms with Gasteiger partial charge in [-0.15, -0.1) is 0 Å². The maximum Gasteiger partial charge on any atom is 0.170 e. The van der Waals surface area contributed by atoms with Crippen LogP contribution in [0.1, 0.15) is 19.2 Å². The van der Waals surface area contributed by atoms with E-state index in [2.05, 4.69) is 14.7 Å². The van der Waals surface area contributed by atoms with E-state index in [1.54, 1.807) is 11.8 Å². The van der Waals surface area contributed by atoms with Crippen LogP contribution in [0.2, 0.25) is 0 Å². The molecule has 1 aromatic rings. The van der Waals surface area contributed by atoms with Gasteiger partial charge in [0.05, 0.1) is 6.61 Å². The number of nitrogens with zero attached hydrogens (tertiary/aromatic N) is 2. The monoisotopic (exact) mass is 247 g/mol. The van der Waals surface area contributed by atoms with Crippen molar-refractivity contribution in [2.24, 2.45) is 0 Å². The van der Waals surface area contributed by atoms with Gasteiger partial charge in [-0.2, -0.15) is 4.37 Å². The number of aromatic nitrogens is 2. The molecule has 86 valence electrons. The molecule has 0 fully saturated rings. The molecule has 0 aromatic carbocycles. The van der Waals surface area contributed by atoms with E-state index in [-0.39, 0.29) is 12.1 Å². The van der Waals surface area contributed by atoms with Crippen molar-refractivity contribution in [1.82, 2.24) is 14.7 Å². The van der Waals surface area contributed by atoms with Crippen molar-refractivity contribution < 1.29 is 5.11 Å². The van der Waals surface area contributed by atoms with Crippen molar-refractivity contribution in [3.63, 3.8) is 0 Å². The molecule has 4 nitrogen and oxygen atoms in total. The molecule has 0 radical (unpaired) electrons. The van der Waals surface area contributed by atoms with E-state index < -0.39 is 0 Å². The van der Waals surface area contributed by atoms with Gasteiger partial charge in [0.1, 0.15) is 5.82 Å². The largest absolute Gasteiger partial charge is 0.394 e. The zero-order chi connectivity index (χ0) is 11.3. The predicted molar refractivity (Wildman–Crippen MR) is 64.5 cm³/mol. The first-order valence-electron chi connectivity index (χ1n) is 4.82. The van der Waals surface area contributed by atoms with Crippen molar-refractivity contribution in [3.05, 3.63) is 5.82 Å². The van der Waals surface area contributed by atoms with E-state index >= 15 is 0 Å². The summed E-state index contributed by atoms with van der Waals surface area (Å²) in [6.07, 6.45) is 0.906. The second kappa shape index (κ2) is 5.79. The minimum absolute atomic E-state index is 0.152. The molecular weight excluding hydrogens is 230 g/mol. The van der Waals surface area contributed by atoms with Crippen LogP contribution in [-0.4, -0.2) is 39.4 Å². The molecule has 1 rings (SSSR count). The van der Waals surface area contributed by atoms with Crippen molar-refractivity contribution in [3.8, 4) is 0 Å². The maximum absolute atomic E-state index is 9.19. The lowest BCUT2D eigenvalue weighted by molar-refractivity contribution is 0.179. The zero-order valence-corrected chi connectivity index (χ0v) is 10.9. The number of thioether (sulfide) groups is 1. The van der Waals surface area contributed by atoms with Crippen LogP contribution in [-0.2, 0) is 0 Å². The quantitative estimate of drug-likeness (QED) is 0.742. The zero-order valence-electron chi connectivity index (χ0n) is 9.28. The van der Waals surface area contributed by atoms with Crippen LogP contribution in [0.15, 0.2) is 4.34 Å². The van der Waals surface area contributed by atoms with E-state index in [0.29, 0.717) is 0 Å². The van der Waals surface area contributed by atoms with Gasteiger partial charge in [0, 0.05) is 11.3 Å². The lowest BCUT2D eigenvalue weighted by Gasteiger charge is -2.26. The van der Waals surface area contributed by atoms with E-state index in [4.69, 9.17) is 0 Å². The number of rotatable bonds is 6. The topological polar surface area (TPSA) is 58.0 Å². The molecule has 0 spiro atoms. The summed E-state index contributed by atoms with van der Waals surface area (Å²) in [5, 5.41) is 12.3. The molecule has 2 N–H and O–H groups in total. The number of aliphatic hydroxyl groups excluding tert-OH is 1. The molecule has 0 amide bonds. The van der Waals surface area contributed by atoms with E-state index in [1.807, 2.05) is 20.9 Å². The number of nitrogens with one attached hydrogen (secondary N) is 1. The van der Waals surface area contributed by atoms with Crippen LogP contribution in [0.5, 0.6) is 0 Å².